The molecule has 0 aliphatic carbocycles. The van der Waals surface area contributed by atoms with Crippen LogP contribution in [0.5, 0.6) is 0 Å². The molecule has 0 N–H and O–H groups in total. The third-order valence-corrected chi connectivity index (χ3v) is 7.55. The lowest BCUT2D eigenvalue weighted by Crippen LogP contribution is -2.58. The summed E-state index contributed by atoms with van der Waals surface area (Å²) in [6, 6.07) is 22.3. The summed E-state index contributed by atoms with van der Waals surface area (Å²) in [5.74, 6) is 0. The summed E-state index contributed by atoms with van der Waals surface area (Å²) in [7, 11) is 0. The smallest absolute Gasteiger partial charge is 0.186 e. The molecule has 3 aliphatic heterocycles. The van der Waals surface area contributed by atoms with Gasteiger partial charge in [-0.3, -0.25) is 0 Å². The van der Waals surface area contributed by atoms with Crippen LogP contribution in [0.15, 0.2) is 72.8 Å². The summed E-state index contributed by atoms with van der Waals surface area (Å²) in [6.45, 7) is 0.572. The predicted octanol–water partition coefficient (Wildman–Crippen LogP) is 6.66. The molecule has 3 unspecified atom stereocenters. The molecule has 9 heteroatoms. The maximum absolute atomic E-state index is 6.48. The van der Waals surface area contributed by atoms with Crippen LogP contribution in [0.1, 0.15) is 35.6 Å². The van der Waals surface area contributed by atoms with Gasteiger partial charge in [-0.15, -0.1) is 0 Å². The summed E-state index contributed by atoms with van der Waals surface area (Å²) in [5, 5.41) is 1.68. The van der Waals surface area contributed by atoms with E-state index in [1.807, 2.05) is 54.6 Å². The number of rotatable bonds is 4. The first-order chi connectivity index (χ1) is 17.6. The zero-order valence-corrected chi connectivity index (χ0v) is 21.2. The first-order valence-electron chi connectivity index (χ1n) is 11.7. The molecule has 6 rings (SSSR count). The van der Waals surface area contributed by atoms with Crippen molar-refractivity contribution in [1.29, 1.82) is 0 Å². The molecule has 3 aromatic carbocycles. The van der Waals surface area contributed by atoms with Crippen LogP contribution in [0.4, 0.5) is 0 Å². The first kappa shape index (κ1) is 24.6. The number of fused-ring (bicyclic) bond motifs is 1. The fourth-order valence-corrected chi connectivity index (χ4v) is 5.40. The van der Waals surface area contributed by atoms with Gasteiger partial charge >= 0.3 is 0 Å². The second kappa shape index (κ2) is 10.6. The van der Waals surface area contributed by atoms with Gasteiger partial charge in [-0.25, -0.2) is 0 Å². The molecule has 3 aromatic rings. The Morgan fingerprint density at radius 1 is 0.472 bits per heavy atom. The number of hydrogen-bond acceptors (Lipinski definition) is 6. The Balaban J connectivity index is 1.29. The van der Waals surface area contributed by atoms with E-state index in [2.05, 4.69) is 0 Å². The van der Waals surface area contributed by atoms with Gasteiger partial charge in [-0.05, 0) is 18.2 Å². The third-order valence-electron chi connectivity index (χ3n) is 6.52. The minimum Gasteiger partial charge on any atom is -0.346 e. The molecule has 0 saturated carbocycles. The molecule has 3 saturated heterocycles. The maximum Gasteiger partial charge on any atom is 0.186 e. The van der Waals surface area contributed by atoms with Crippen LogP contribution in [0.2, 0.25) is 15.1 Å². The molecule has 0 aromatic heterocycles. The van der Waals surface area contributed by atoms with Crippen molar-refractivity contribution in [2.45, 2.75) is 43.3 Å². The molecule has 188 valence electrons. The molecular formula is C27H23Cl3O6. The number of halogens is 3. The quantitative estimate of drug-likeness (QED) is 0.363. The van der Waals surface area contributed by atoms with Gasteiger partial charge in [0, 0.05) is 31.8 Å². The van der Waals surface area contributed by atoms with E-state index in [0.29, 0.717) is 21.7 Å². The Morgan fingerprint density at radius 2 is 0.833 bits per heavy atom. The topological polar surface area (TPSA) is 55.4 Å². The summed E-state index contributed by atoms with van der Waals surface area (Å²) in [4.78, 5) is 0. The Kier molecular flexibility index (Phi) is 7.23. The standard InChI is InChI=1S/C27H23Cl3O6/c28-18-10-4-1-7-15(18)25-31-13-21(33-25)24-23-22(34-27(36-24)17-9-3-6-12-20(17)30)14-32-26(35-23)16-8-2-5-11-19(16)29/h1-12,21-27H,13-14H2/t21-,22+,23-,24-,25?,26?,27?/m0/s1. The fraction of sp³-hybridized carbons (Fsp3) is 0.333. The van der Waals surface area contributed by atoms with Crippen LogP contribution in [0.3, 0.4) is 0 Å². The van der Waals surface area contributed by atoms with Crippen molar-refractivity contribution in [2.24, 2.45) is 0 Å². The normalized spacial score (nSPS) is 32.2. The van der Waals surface area contributed by atoms with Crippen LogP contribution in [-0.2, 0) is 28.4 Å². The summed E-state index contributed by atoms with van der Waals surface area (Å²) in [5.41, 5.74) is 2.22. The van der Waals surface area contributed by atoms with Gasteiger partial charge in [0.1, 0.15) is 24.4 Å². The highest BCUT2D eigenvalue weighted by Crippen LogP contribution is 2.44. The van der Waals surface area contributed by atoms with E-state index >= 15 is 0 Å². The Bertz CT molecular complexity index is 1230. The van der Waals surface area contributed by atoms with Crippen molar-refractivity contribution in [3.63, 3.8) is 0 Å². The van der Waals surface area contributed by atoms with Crippen LogP contribution >= 0.6 is 34.8 Å². The average Bonchev–Trinajstić information content (AvgIpc) is 3.38. The average molecular weight is 550 g/mol. The second-order valence-electron chi connectivity index (χ2n) is 8.78. The summed E-state index contributed by atoms with van der Waals surface area (Å²) < 4.78 is 37.5. The Hall–Kier alpha value is -1.71. The SMILES string of the molecule is Clc1ccccc1C1OC[C@H]2OC(c3ccccc3Cl)O[C@@H]([C@@H]3COC(c4ccccc4Cl)O3)[C@H]2O1. The van der Waals surface area contributed by atoms with Gasteiger partial charge in [0.15, 0.2) is 18.9 Å². The van der Waals surface area contributed by atoms with E-state index in [4.69, 9.17) is 63.2 Å². The number of benzene rings is 3. The van der Waals surface area contributed by atoms with Crippen molar-refractivity contribution in [1.82, 2.24) is 0 Å². The van der Waals surface area contributed by atoms with Gasteiger partial charge in [-0.2, -0.15) is 0 Å². The molecule has 7 atom stereocenters. The van der Waals surface area contributed by atoms with Crippen LogP contribution in [0, 0.1) is 0 Å². The molecule has 0 bridgehead atoms. The zero-order valence-electron chi connectivity index (χ0n) is 19.0. The van der Waals surface area contributed by atoms with Crippen LogP contribution in [-0.4, -0.2) is 37.6 Å². The molecule has 0 radical (unpaired) electrons. The third kappa shape index (κ3) is 4.78. The van der Waals surface area contributed by atoms with Gasteiger partial charge in [0.25, 0.3) is 0 Å². The lowest BCUT2D eigenvalue weighted by atomic mass is 9.99. The first-order valence-corrected chi connectivity index (χ1v) is 12.8. The van der Waals surface area contributed by atoms with Crippen molar-refractivity contribution in [3.05, 3.63) is 105 Å². The van der Waals surface area contributed by atoms with Crippen molar-refractivity contribution in [2.75, 3.05) is 13.2 Å². The highest BCUT2D eigenvalue weighted by Gasteiger charge is 2.51. The minimum absolute atomic E-state index is 0.281. The monoisotopic (exact) mass is 548 g/mol. The van der Waals surface area contributed by atoms with Crippen molar-refractivity contribution < 1.29 is 28.4 Å². The highest BCUT2D eigenvalue weighted by atomic mass is 35.5. The summed E-state index contributed by atoms with van der Waals surface area (Å²) in [6.07, 6.45) is -3.93. The summed E-state index contributed by atoms with van der Waals surface area (Å²) >= 11 is 19.3. The molecule has 0 spiro atoms. The van der Waals surface area contributed by atoms with Crippen LogP contribution < -0.4 is 0 Å². The van der Waals surface area contributed by atoms with Crippen molar-refractivity contribution >= 4 is 34.8 Å². The molecular weight excluding hydrogens is 527 g/mol. The Labute approximate surface area is 223 Å². The molecule has 0 amide bonds. The second-order valence-corrected chi connectivity index (χ2v) is 10.00. The number of ether oxygens (including phenoxy) is 6. The van der Waals surface area contributed by atoms with E-state index in [-0.39, 0.29) is 6.61 Å². The predicted molar refractivity (Wildman–Crippen MR) is 134 cm³/mol. The highest BCUT2D eigenvalue weighted by molar-refractivity contribution is 6.32. The van der Waals surface area contributed by atoms with Gasteiger partial charge in [0.05, 0.1) is 13.2 Å². The Morgan fingerprint density at radius 3 is 1.31 bits per heavy atom. The van der Waals surface area contributed by atoms with Gasteiger partial charge < -0.3 is 28.4 Å². The molecule has 6 nitrogen and oxygen atoms in total. The van der Waals surface area contributed by atoms with E-state index in [0.717, 1.165) is 16.7 Å². The van der Waals surface area contributed by atoms with Crippen molar-refractivity contribution in [3.8, 4) is 0 Å². The zero-order chi connectivity index (χ0) is 24.6. The van der Waals surface area contributed by atoms with E-state index in [1.165, 1.54) is 0 Å². The lowest BCUT2D eigenvalue weighted by Gasteiger charge is -2.47. The molecule has 3 heterocycles. The minimum atomic E-state index is -0.725. The molecule has 3 aliphatic rings. The molecule has 3 fully saturated rings. The lowest BCUT2D eigenvalue weighted by molar-refractivity contribution is -0.373. The van der Waals surface area contributed by atoms with E-state index < -0.39 is 43.3 Å². The van der Waals surface area contributed by atoms with Gasteiger partial charge in [-0.1, -0.05) is 89.4 Å². The largest absolute Gasteiger partial charge is 0.346 e. The van der Waals surface area contributed by atoms with Crippen LogP contribution in [0.25, 0.3) is 0 Å². The molecule has 36 heavy (non-hydrogen) atoms. The number of hydrogen-bond donors (Lipinski definition) is 0. The fourth-order valence-electron chi connectivity index (χ4n) is 4.73. The van der Waals surface area contributed by atoms with E-state index in [9.17, 15) is 0 Å². The van der Waals surface area contributed by atoms with E-state index in [1.54, 1.807) is 18.2 Å². The maximum atomic E-state index is 6.48. The van der Waals surface area contributed by atoms with Gasteiger partial charge in [0.2, 0.25) is 0 Å².